The van der Waals surface area contributed by atoms with Gasteiger partial charge in [-0.05, 0) is 46.7 Å². The van der Waals surface area contributed by atoms with Crippen molar-refractivity contribution >= 4 is 28.6 Å². The van der Waals surface area contributed by atoms with E-state index in [1.54, 1.807) is 0 Å². The van der Waals surface area contributed by atoms with Gasteiger partial charge in [0, 0.05) is 3.57 Å². The van der Waals surface area contributed by atoms with Crippen LogP contribution in [0, 0.1) is 10.5 Å². The summed E-state index contributed by atoms with van der Waals surface area (Å²) in [6.45, 7) is 2.23. The molecule has 2 aromatic carbocycles. The van der Waals surface area contributed by atoms with E-state index in [1.807, 2.05) is 55.5 Å². The van der Waals surface area contributed by atoms with Crippen molar-refractivity contribution in [2.75, 3.05) is 0 Å². The lowest BCUT2D eigenvalue weighted by molar-refractivity contribution is 0.0470. The molecule has 0 aliphatic rings. The van der Waals surface area contributed by atoms with E-state index in [0.29, 0.717) is 12.2 Å². The van der Waals surface area contributed by atoms with E-state index >= 15 is 0 Å². The fourth-order valence-electron chi connectivity index (χ4n) is 1.69. The molecule has 3 heteroatoms. The highest BCUT2D eigenvalue weighted by atomic mass is 127. The summed E-state index contributed by atoms with van der Waals surface area (Å²) in [4.78, 5) is 12.0. The number of aryl methyl sites for hydroxylation is 1. The van der Waals surface area contributed by atoms with Gasteiger partial charge in [-0.2, -0.15) is 0 Å². The third-order valence-corrected chi connectivity index (χ3v) is 3.54. The van der Waals surface area contributed by atoms with Gasteiger partial charge in [0.2, 0.25) is 0 Å². The fourth-order valence-corrected chi connectivity index (χ4v) is 2.54. The van der Waals surface area contributed by atoms with Crippen LogP contribution >= 0.6 is 22.6 Å². The molecule has 18 heavy (non-hydrogen) atoms. The lowest BCUT2D eigenvalue weighted by atomic mass is 10.1. The minimum absolute atomic E-state index is 0.263. The van der Waals surface area contributed by atoms with Gasteiger partial charge in [-0.25, -0.2) is 4.79 Å². The summed E-state index contributed by atoms with van der Waals surface area (Å²) >= 11 is 2.15. The summed E-state index contributed by atoms with van der Waals surface area (Å²) in [6.07, 6.45) is 0. The zero-order valence-electron chi connectivity index (χ0n) is 10.0. The topological polar surface area (TPSA) is 26.3 Å². The van der Waals surface area contributed by atoms with Crippen molar-refractivity contribution in [3.8, 4) is 0 Å². The molecule has 0 atom stereocenters. The molecule has 0 amide bonds. The van der Waals surface area contributed by atoms with Crippen molar-refractivity contribution in [3.63, 3.8) is 0 Å². The van der Waals surface area contributed by atoms with Gasteiger partial charge in [-0.3, -0.25) is 0 Å². The number of halogens is 1. The Morgan fingerprint density at radius 2 is 1.83 bits per heavy atom. The third-order valence-electron chi connectivity index (χ3n) is 2.64. The van der Waals surface area contributed by atoms with Crippen molar-refractivity contribution in [1.82, 2.24) is 0 Å². The molecule has 0 radical (unpaired) electrons. The first-order chi connectivity index (χ1) is 8.68. The Balaban J connectivity index is 2.09. The van der Waals surface area contributed by atoms with Crippen LogP contribution in [-0.4, -0.2) is 5.97 Å². The summed E-state index contributed by atoms with van der Waals surface area (Å²) in [5.74, 6) is -0.263. The molecule has 0 saturated heterocycles. The fraction of sp³-hybridized carbons (Fsp3) is 0.133. The lowest BCUT2D eigenvalue weighted by Crippen LogP contribution is -2.09. The van der Waals surface area contributed by atoms with Gasteiger partial charge in [-0.15, -0.1) is 0 Å². The number of rotatable bonds is 3. The van der Waals surface area contributed by atoms with Crippen molar-refractivity contribution in [1.29, 1.82) is 0 Å². The van der Waals surface area contributed by atoms with Crippen molar-refractivity contribution in [2.24, 2.45) is 0 Å². The molecule has 0 fully saturated rings. The van der Waals surface area contributed by atoms with E-state index in [9.17, 15) is 4.79 Å². The summed E-state index contributed by atoms with van der Waals surface area (Å²) < 4.78 is 6.25. The zero-order chi connectivity index (χ0) is 13.0. The molecule has 0 N–H and O–H groups in total. The highest BCUT2D eigenvalue weighted by Gasteiger charge is 2.14. The van der Waals surface area contributed by atoms with Crippen LogP contribution < -0.4 is 0 Å². The Bertz CT molecular complexity index is 529. The van der Waals surface area contributed by atoms with E-state index in [2.05, 4.69) is 22.6 Å². The molecule has 0 heterocycles. The molecule has 92 valence electrons. The van der Waals surface area contributed by atoms with Crippen LogP contribution in [0.1, 0.15) is 21.5 Å². The van der Waals surface area contributed by atoms with E-state index in [1.165, 1.54) is 0 Å². The largest absolute Gasteiger partial charge is 0.457 e. The SMILES string of the molecule is Cc1cccc(I)c1C(=O)OCc1ccccc1. The maximum Gasteiger partial charge on any atom is 0.339 e. The van der Waals surface area contributed by atoms with Crippen LogP contribution in [0.2, 0.25) is 0 Å². The predicted octanol–water partition coefficient (Wildman–Crippen LogP) is 3.96. The molecule has 2 aromatic rings. The summed E-state index contributed by atoms with van der Waals surface area (Å²) in [7, 11) is 0. The normalized spacial score (nSPS) is 10.1. The van der Waals surface area contributed by atoms with Gasteiger partial charge in [-0.1, -0.05) is 42.5 Å². The quantitative estimate of drug-likeness (QED) is 0.618. The average molecular weight is 352 g/mol. The number of hydrogen-bond acceptors (Lipinski definition) is 2. The van der Waals surface area contributed by atoms with Crippen LogP contribution in [0.5, 0.6) is 0 Å². The van der Waals surface area contributed by atoms with Gasteiger partial charge in [0.1, 0.15) is 6.61 Å². The third kappa shape index (κ3) is 3.10. The molecular formula is C15H13IO2. The Labute approximate surface area is 120 Å². The molecular weight excluding hydrogens is 339 g/mol. The second-order valence-corrected chi connectivity index (χ2v) is 5.16. The van der Waals surface area contributed by atoms with Gasteiger partial charge in [0.05, 0.1) is 5.56 Å². The number of benzene rings is 2. The van der Waals surface area contributed by atoms with Gasteiger partial charge < -0.3 is 4.74 Å². The van der Waals surface area contributed by atoms with Crippen molar-refractivity contribution < 1.29 is 9.53 Å². The van der Waals surface area contributed by atoms with Gasteiger partial charge in [0.15, 0.2) is 0 Å². The molecule has 0 aromatic heterocycles. The van der Waals surface area contributed by atoms with E-state index < -0.39 is 0 Å². The smallest absolute Gasteiger partial charge is 0.339 e. The minimum atomic E-state index is -0.263. The number of esters is 1. The van der Waals surface area contributed by atoms with Crippen LogP contribution in [0.15, 0.2) is 48.5 Å². The number of ether oxygens (including phenoxy) is 1. The molecule has 0 bridgehead atoms. The Hall–Kier alpha value is -1.36. The summed E-state index contributed by atoms with van der Waals surface area (Å²) in [5.41, 5.74) is 2.60. The van der Waals surface area contributed by atoms with Crippen LogP contribution in [0.3, 0.4) is 0 Å². The first kappa shape index (κ1) is 13.1. The van der Waals surface area contributed by atoms with Crippen LogP contribution in [0.25, 0.3) is 0 Å². The molecule has 0 spiro atoms. The second-order valence-electron chi connectivity index (χ2n) is 3.99. The van der Waals surface area contributed by atoms with Crippen molar-refractivity contribution in [3.05, 3.63) is 68.8 Å². The maximum absolute atomic E-state index is 12.0. The number of carbonyl (C=O) groups is 1. The maximum atomic E-state index is 12.0. The molecule has 2 rings (SSSR count). The summed E-state index contributed by atoms with van der Waals surface area (Å²) in [6, 6.07) is 15.4. The van der Waals surface area contributed by atoms with Gasteiger partial charge >= 0.3 is 5.97 Å². The number of carbonyl (C=O) groups excluding carboxylic acids is 1. The van der Waals surface area contributed by atoms with Crippen molar-refractivity contribution in [2.45, 2.75) is 13.5 Å². The van der Waals surface area contributed by atoms with Crippen LogP contribution in [0.4, 0.5) is 0 Å². The Kier molecular flexibility index (Phi) is 4.36. The molecule has 2 nitrogen and oxygen atoms in total. The predicted molar refractivity (Wildman–Crippen MR) is 79.5 cm³/mol. The highest BCUT2D eigenvalue weighted by molar-refractivity contribution is 14.1. The lowest BCUT2D eigenvalue weighted by Gasteiger charge is -2.08. The van der Waals surface area contributed by atoms with E-state index in [0.717, 1.165) is 14.7 Å². The summed E-state index contributed by atoms with van der Waals surface area (Å²) in [5, 5.41) is 0. The first-order valence-electron chi connectivity index (χ1n) is 5.64. The monoisotopic (exact) mass is 352 g/mol. The first-order valence-corrected chi connectivity index (χ1v) is 6.72. The van der Waals surface area contributed by atoms with Crippen LogP contribution in [-0.2, 0) is 11.3 Å². The second kappa shape index (κ2) is 6.00. The number of hydrogen-bond donors (Lipinski definition) is 0. The molecule has 0 aliphatic carbocycles. The molecule has 0 aliphatic heterocycles. The highest BCUT2D eigenvalue weighted by Crippen LogP contribution is 2.18. The Morgan fingerprint density at radius 3 is 2.50 bits per heavy atom. The van der Waals surface area contributed by atoms with Gasteiger partial charge in [0.25, 0.3) is 0 Å². The Morgan fingerprint density at radius 1 is 1.11 bits per heavy atom. The zero-order valence-corrected chi connectivity index (χ0v) is 12.2. The standard InChI is InChI=1S/C15H13IO2/c1-11-6-5-9-13(16)14(11)15(17)18-10-12-7-3-2-4-8-12/h2-9H,10H2,1H3. The minimum Gasteiger partial charge on any atom is -0.457 e. The molecule has 0 unspecified atom stereocenters. The average Bonchev–Trinajstić information content (AvgIpc) is 2.37. The molecule has 0 saturated carbocycles. The van der Waals surface area contributed by atoms with E-state index in [4.69, 9.17) is 4.74 Å². The van der Waals surface area contributed by atoms with E-state index in [-0.39, 0.29) is 5.97 Å².